The molecule has 10 rings (SSSR count). The molecule has 0 unspecified atom stereocenters. The van der Waals surface area contributed by atoms with Gasteiger partial charge >= 0.3 is 5.97 Å². The Morgan fingerprint density at radius 3 is 1.48 bits per heavy atom. The molecule has 10 aliphatic rings. The van der Waals surface area contributed by atoms with Gasteiger partial charge in [0.25, 0.3) is 0 Å². The number of cyclic esters (lactones) is 1. The lowest BCUT2D eigenvalue weighted by molar-refractivity contribution is -0.396. The first-order valence-corrected chi connectivity index (χ1v) is 32.5. The molecule has 0 amide bonds. The molecule has 2 saturated carbocycles. The van der Waals surface area contributed by atoms with Crippen LogP contribution in [0.15, 0.2) is 23.3 Å². The van der Waals surface area contributed by atoms with Crippen molar-refractivity contribution in [3.63, 3.8) is 0 Å². The van der Waals surface area contributed by atoms with Crippen molar-refractivity contribution < 1.29 is 158 Å². The van der Waals surface area contributed by atoms with Crippen LogP contribution in [0.25, 0.3) is 0 Å². The Kier molecular flexibility index (Phi) is 23.3. The molecule has 7 heterocycles. The molecule has 540 valence electrons. The second kappa shape index (κ2) is 29.4. The molecule has 0 aromatic carbocycles. The Labute approximate surface area is 543 Å². The number of aliphatic hydroxyl groups is 16. The van der Waals surface area contributed by atoms with Gasteiger partial charge in [0.15, 0.2) is 37.7 Å². The third-order valence-electron chi connectivity index (χ3n) is 22.0. The number of ether oxygens (including phenoxy) is 15. The van der Waals surface area contributed by atoms with Crippen LogP contribution in [-0.4, -0.2) is 331 Å². The Bertz CT molecular complexity index is 2600. The number of fused-ring (bicyclic) bond motifs is 2. The summed E-state index contributed by atoms with van der Waals surface area (Å²) in [5.74, 6) is -0.920. The summed E-state index contributed by atoms with van der Waals surface area (Å²) < 4.78 is 89.5. The molecule has 7 saturated heterocycles. The molecule has 3 aliphatic carbocycles. The van der Waals surface area contributed by atoms with E-state index in [1.54, 1.807) is 6.08 Å². The molecule has 94 heavy (non-hydrogen) atoms. The van der Waals surface area contributed by atoms with E-state index < -0.39 is 251 Å². The standard InChI is InChI=1S/C62H100O32/c1-23(2)11-10-15-61(7)32-14-16-60(6)25-12-13-34(59(4,5)26(25)17-33(67)62(32,60)58(79)94-61)89-57-51(39(72)31(22-82-57)88-53-44(77)49(37(70)29(20-65)84-53)91-54-42(75)47(80-8)35(68)27(18-63)85-54)93-52-41(74)40(73)46(24(3)83-52)90-56-45(78)50(38(71)30(21-66)87-56)92-55-43(76)48(81-9)36(69)28(19-64)86-55/h11,17,24-25,27-57,63-78H,10,12-16,18-22H2,1-9H3/t24-,25-,27+,28+,29+,30+,31+,32+,33-,34+,35+,36+,37+,38+,39-,40-,41-,42+,43+,44+,45+,46-,47-,48-,49-,50-,51+,52+,53-,54-,55-,56-,57-,60-,61-,62-/m0/s1. The topological polar surface area (TPSA) is 479 Å². The number of hydrogen-bond donors (Lipinski definition) is 16. The van der Waals surface area contributed by atoms with E-state index in [1.807, 2.05) is 34.6 Å². The molecule has 16 N–H and O–H groups in total. The van der Waals surface area contributed by atoms with Crippen LogP contribution in [0.1, 0.15) is 87.0 Å². The zero-order chi connectivity index (χ0) is 68.6. The van der Waals surface area contributed by atoms with Crippen LogP contribution in [0.3, 0.4) is 0 Å². The maximum absolute atomic E-state index is 14.5. The number of carbonyl (C=O) groups is 1. The highest BCUT2D eigenvalue weighted by molar-refractivity contribution is 5.84. The zero-order valence-corrected chi connectivity index (χ0v) is 54.2. The van der Waals surface area contributed by atoms with Gasteiger partial charge < -0.3 is 153 Å². The van der Waals surface area contributed by atoms with E-state index in [-0.39, 0.29) is 11.8 Å². The van der Waals surface area contributed by atoms with Gasteiger partial charge in [-0.25, -0.2) is 0 Å². The zero-order valence-electron chi connectivity index (χ0n) is 54.2. The average molecular weight is 1360 g/mol. The Balaban J connectivity index is 0.899. The van der Waals surface area contributed by atoms with Crippen molar-refractivity contribution in [1.82, 2.24) is 0 Å². The molecule has 9 fully saturated rings. The molecule has 0 aromatic rings. The summed E-state index contributed by atoms with van der Waals surface area (Å²) in [6.07, 6.45) is -44.4. The first kappa shape index (κ1) is 74.4. The summed E-state index contributed by atoms with van der Waals surface area (Å²) in [7, 11) is 2.35. The van der Waals surface area contributed by atoms with Gasteiger partial charge in [-0.3, -0.25) is 4.79 Å². The summed E-state index contributed by atoms with van der Waals surface area (Å²) in [6, 6.07) is 0. The predicted octanol–water partition coefficient (Wildman–Crippen LogP) is -5.53. The van der Waals surface area contributed by atoms with Crippen LogP contribution >= 0.6 is 0 Å². The molecule has 32 nitrogen and oxygen atoms in total. The number of allylic oxidation sites excluding steroid dienone is 2. The predicted molar refractivity (Wildman–Crippen MR) is 311 cm³/mol. The highest BCUT2D eigenvalue weighted by atomic mass is 16.8. The Hall–Kier alpha value is -2.25. The van der Waals surface area contributed by atoms with Gasteiger partial charge in [-0.15, -0.1) is 0 Å². The van der Waals surface area contributed by atoms with Crippen molar-refractivity contribution in [2.24, 2.45) is 28.1 Å². The van der Waals surface area contributed by atoms with E-state index in [4.69, 9.17) is 71.1 Å². The molecule has 32 heteroatoms. The number of carbonyl (C=O) groups excluding carboxylic acids is 1. The fourth-order valence-electron chi connectivity index (χ4n) is 16.7. The van der Waals surface area contributed by atoms with Crippen LogP contribution in [0.2, 0.25) is 0 Å². The van der Waals surface area contributed by atoms with E-state index in [0.717, 1.165) is 11.1 Å². The molecule has 0 radical (unpaired) electrons. The molecule has 36 atom stereocenters. The van der Waals surface area contributed by atoms with Gasteiger partial charge in [-0.1, -0.05) is 44.1 Å². The SMILES string of the molecule is CO[C@@H]1[C@@H](O)[C@H](O[C@@H]2[C@@H](O)[C@H](O[C@@H]3[C@@H](O)[C@H](O)[C@@H](O[C@H]4[C@H](O[C@@H]5CC[C@H]6C(=C[C@H](O)[C@]78C(=O)O[C@@](C)(CCC=C(C)C)[C@H]7CC[C@@]68C)C5(C)C)OC[C@@H](O[C@@H]5O[C@H](CO)[C@@H](O)[C@H](O[C@@H]6O[C@H](CO)[C@@H](O)[C@H](OC)[C@H]6O)[C@H]5O)[C@@H]4O)O[C@H]3C)O[C@H](CO)[C@H]2O)O[C@H](CO)[C@H]1O. The van der Waals surface area contributed by atoms with Crippen molar-refractivity contribution in [2.75, 3.05) is 47.3 Å². The quantitative estimate of drug-likeness (QED) is 0.0376. The monoisotopic (exact) mass is 1360 g/mol. The fraction of sp³-hybridized carbons (Fsp3) is 0.919. The maximum Gasteiger partial charge on any atom is 0.316 e. The summed E-state index contributed by atoms with van der Waals surface area (Å²) in [4.78, 5) is 14.5. The molecule has 1 spiro atoms. The van der Waals surface area contributed by atoms with Crippen molar-refractivity contribution in [1.29, 1.82) is 0 Å². The third kappa shape index (κ3) is 13.0. The van der Waals surface area contributed by atoms with Crippen LogP contribution in [0.5, 0.6) is 0 Å². The van der Waals surface area contributed by atoms with Gasteiger partial charge in [0.1, 0.15) is 145 Å². The molecule has 7 aliphatic heterocycles. The minimum absolute atomic E-state index is 0.224. The Morgan fingerprint density at radius 1 is 0.532 bits per heavy atom. The van der Waals surface area contributed by atoms with Crippen molar-refractivity contribution in [3.8, 4) is 0 Å². The highest BCUT2D eigenvalue weighted by Crippen LogP contribution is 2.74. The smallest absolute Gasteiger partial charge is 0.316 e. The second-order valence-corrected chi connectivity index (χ2v) is 28.1. The van der Waals surface area contributed by atoms with E-state index in [9.17, 15) is 86.5 Å². The van der Waals surface area contributed by atoms with Crippen LogP contribution in [0, 0.1) is 28.1 Å². The number of aliphatic hydroxyl groups excluding tert-OH is 16. The number of rotatable bonds is 21. The molecule has 0 bridgehead atoms. The minimum Gasteiger partial charge on any atom is -0.458 e. The van der Waals surface area contributed by atoms with Crippen LogP contribution < -0.4 is 0 Å². The number of esters is 1. The van der Waals surface area contributed by atoms with Gasteiger partial charge in [-0.2, -0.15) is 0 Å². The molecular formula is C62H100O32. The highest BCUT2D eigenvalue weighted by Gasteiger charge is 2.78. The van der Waals surface area contributed by atoms with Gasteiger partial charge in [-0.05, 0) is 77.6 Å². The van der Waals surface area contributed by atoms with E-state index in [2.05, 4.69) is 13.0 Å². The van der Waals surface area contributed by atoms with Crippen molar-refractivity contribution in [3.05, 3.63) is 23.3 Å². The van der Waals surface area contributed by atoms with Crippen molar-refractivity contribution >= 4 is 5.97 Å². The Morgan fingerprint density at radius 2 is 0.989 bits per heavy atom. The first-order valence-electron chi connectivity index (χ1n) is 32.5. The maximum atomic E-state index is 14.5. The van der Waals surface area contributed by atoms with E-state index >= 15 is 0 Å². The van der Waals surface area contributed by atoms with Gasteiger partial charge in [0, 0.05) is 25.6 Å². The summed E-state index contributed by atoms with van der Waals surface area (Å²) in [5, 5.41) is 179. The number of hydrogen-bond acceptors (Lipinski definition) is 32. The molecular weight excluding hydrogens is 1260 g/mol. The fourth-order valence-corrected chi connectivity index (χ4v) is 16.7. The number of methoxy groups -OCH3 is 2. The third-order valence-corrected chi connectivity index (χ3v) is 22.0. The average Bonchev–Trinajstić information content (AvgIpc) is 1.48. The van der Waals surface area contributed by atoms with Crippen LogP contribution in [-0.2, 0) is 75.8 Å². The first-order chi connectivity index (χ1) is 44.4. The van der Waals surface area contributed by atoms with Gasteiger partial charge in [0.05, 0.1) is 51.3 Å². The lowest BCUT2D eigenvalue weighted by Gasteiger charge is -2.58. The lowest BCUT2D eigenvalue weighted by atomic mass is 9.45. The lowest BCUT2D eigenvalue weighted by Crippen LogP contribution is -2.67. The summed E-state index contributed by atoms with van der Waals surface area (Å²) in [5.41, 5.74) is -1.76. The summed E-state index contributed by atoms with van der Waals surface area (Å²) >= 11 is 0. The van der Waals surface area contributed by atoms with Gasteiger partial charge in [0.2, 0.25) is 0 Å². The normalized spacial score (nSPS) is 51.9. The second-order valence-electron chi connectivity index (χ2n) is 28.1. The van der Waals surface area contributed by atoms with Crippen molar-refractivity contribution in [2.45, 2.75) is 283 Å². The van der Waals surface area contributed by atoms with E-state index in [1.165, 1.54) is 21.1 Å². The minimum atomic E-state index is -2.10. The summed E-state index contributed by atoms with van der Waals surface area (Å²) in [6.45, 7) is 9.44. The van der Waals surface area contributed by atoms with Crippen LogP contribution in [0.4, 0.5) is 0 Å². The molecule has 0 aromatic heterocycles. The van der Waals surface area contributed by atoms with E-state index in [0.29, 0.717) is 38.5 Å². The largest absolute Gasteiger partial charge is 0.458 e.